The molecule has 0 bridgehead atoms. The highest BCUT2D eigenvalue weighted by Gasteiger charge is 2.37. The Morgan fingerprint density at radius 3 is 2.52 bits per heavy atom. The lowest BCUT2D eigenvalue weighted by Crippen LogP contribution is -2.38. The van der Waals surface area contributed by atoms with Gasteiger partial charge in [-0.25, -0.2) is 12.8 Å². The predicted octanol–water partition coefficient (Wildman–Crippen LogP) is 4.20. The number of benzene rings is 3. The number of halogens is 1. The van der Waals surface area contributed by atoms with Crippen molar-refractivity contribution in [2.24, 2.45) is 5.73 Å². The van der Waals surface area contributed by atoms with Crippen LogP contribution in [0.15, 0.2) is 65.6 Å². The summed E-state index contributed by atoms with van der Waals surface area (Å²) in [5.74, 6) is -1.99. The Morgan fingerprint density at radius 2 is 1.86 bits per heavy atom. The number of nitrogens with one attached hydrogen (secondary N) is 2. The van der Waals surface area contributed by atoms with Crippen LogP contribution in [0.1, 0.15) is 60.3 Å². The Bertz CT molecular complexity index is 1630. The molecule has 1 fully saturated rings. The van der Waals surface area contributed by atoms with Gasteiger partial charge in [0.25, 0.3) is 0 Å². The monoisotopic (exact) mass is 596 g/mol. The largest absolute Gasteiger partial charge is 0.491 e. The summed E-state index contributed by atoms with van der Waals surface area (Å²) in [4.78, 5) is 39.5. The summed E-state index contributed by atoms with van der Waals surface area (Å²) in [5.41, 5.74) is 7.29. The van der Waals surface area contributed by atoms with Gasteiger partial charge in [0, 0.05) is 36.7 Å². The van der Waals surface area contributed by atoms with Gasteiger partial charge in [-0.1, -0.05) is 12.1 Å². The van der Waals surface area contributed by atoms with Crippen LogP contribution < -0.4 is 21.1 Å². The molecule has 1 aliphatic heterocycles. The van der Waals surface area contributed by atoms with E-state index in [-0.39, 0.29) is 28.7 Å². The zero-order valence-corrected chi connectivity index (χ0v) is 24.3. The van der Waals surface area contributed by atoms with Crippen molar-refractivity contribution in [1.82, 2.24) is 4.90 Å². The second-order valence-electron chi connectivity index (χ2n) is 10.0. The van der Waals surface area contributed by atoms with Gasteiger partial charge in [0.1, 0.15) is 6.04 Å². The number of carbonyl (C=O) groups excluding carboxylic acids is 3. The minimum Gasteiger partial charge on any atom is -0.491 e. The summed E-state index contributed by atoms with van der Waals surface area (Å²) in [6.07, 6.45) is 2.17. The number of hydrogen-bond acceptors (Lipinski definition) is 7. The number of anilines is 2. The molecule has 0 spiro atoms. The van der Waals surface area contributed by atoms with Crippen molar-refractivity contribution in [3.05, 3.63) is 83.2 Å². The Balaban J connectivity index is 1.80. The van der Waals surface area contributed by atoms with Crippen LogP contribution in [0.25, 0.3) is 0 Å². The summed E-state index contributed by atoms with van der Waals surface area (Å²) in [6.45, 7) is 3.60. The van der Waals surface area contributed by atoms with E-state index in [9.17, 15) is 27.2 Å². The lowest BCUT2D eigenvalue weighted by molar-refractivity contribution is -0.133. The van der Waals surface area contributed by atoms with Crippen molar-refractivity contribution in [2.45, 2.75) is 43.7 Å². The smallest absolute Gasteiger partial charge is 0.250 e. The summed E-state index contributed by atoms with van der Waals surface area (Å²) < 4.78 is 45.4. The normalized spacial score (nSPS) is 15.6. The fourth-order valence-corrected chi connectivity index (χ4v) is 6.07. The SMILES string of the molecule is CCOc1cc([C@H](Nc2cccc(C(N)=O)c2)C(=O)N2CCC[C@@H]2c2cc(NC(C)=O)ccc2S(C)(=O)=O)ccc1F. The molecular formula is C30H33FN4O6S. The van der Waals surface area contributed by atoms with E-state index in [1.54, 1.807) is 36.1 Å². The summed E-state index contributed by atoms with van der Waals surface area (Å²) in [6, 6.07) is 13.3. The lowest BCUT2D eigenvalue weighted by atomic mass is 10.0. The van der Waals surface area contributed by atoms with E-state index in [1.807, 2.05) is 0 Å². The summed E-state index contributed by atoms with van der Waals surface area (Å²) in [5, 5.41) is 5.83. The van der Waals surface area contributed by atoms with Gasteiger partial charge in [-0.05, 0) is 79.4 Å². The van der Waals surface area contributed by atoms with Crippen LogP contribution in [-0.4, -0.2) is 50.4 Å². The van der Waals surface area contributed by atoms with Gasteiger partial charge in [-0.3, -0.25) is 14.4 Å². The van der Waals surface area contributed by atoms with Crippen molar-refractivity contribution in [1.29, 1.82) is 0 Å². The van der Waals surface area contributed by atoms with E-state index in [0.29, 0.717) is 41.9 Å². The molecule has 10 nitrogen and oxygen atoms in total. The lowest BCUT2D eigenvalue weighted by Gasteiger charge is -2.31. The maximum atomic E-state index is 14.5. The molecule has 3 aromatic rings. The molecule has 4 rings (SSSR count). The molecule has 2 atom stereocenters. The molecule has 0 unspecified atom stereocenters. The first-order valence-corrected chi connectivity index (χ1v) is 15.3. The average molecular weight is 597 g/mol. The second-order valence-corrected chi connectivity index (χ2v) is 12.0. The van der Waals surface area contributed by atoms with E-state index in [1.165, 1.54) is 43.3 Å². The molecule has 0 aliphatic carbocycles. The van der Waals surface area contributed by atoms with Crippen LogP contribution in [0, 0.1) is 5.82 Å². The maximum Gasteiger partial charge on any atom is 0.250 e. The number of hydrogen-bond donors (Lipinski definition) is 3. The number of nitrogens with zero attached hydrogens (tertiary/aromatic N) is 1. The van der Waals surface area contributed by atoms with Crippen LogP contribution in [0.3, 0.4) is 0 Å². The Hall–Kier alpha value is -4.45. The molecule has 0 saturated carbocycles. The van der Waals surface area contributed by atoms with Crippen molar-refractivity contribution in [2.75, 3.05) is 30.0 Å². The molecule has 3 aromatic carbocycles. The molecule has 222 valence electrons. The number of sulfone groups is 1. The number of carbonyl (C=O) groups is 3. The summed E-state index contributed by atoms with van der Waals surface area (Å²) >= 11 is 0. The first-order valence-electron chi connectivity index (χ1n) is 13.4. The number of nitrogens with two attached hydrogens (primary N) is 1. The third kappa shape index (κ3) is 6.88. The van der Waals surface area contributed by atoms with Crippen molar-refractivity contribution < 1.29 is 31.9 Å². The molecule has 42 heavy (non-hydrogen) atoms. The fourth-order valence-electron chi connectivity index (χ4n) is 5.13. The van der Waals surface area contributed by atoms with E-state index in [2.05, 4.69) is 10.6 Å². The number of primary amides is 1. The Labute approximate surface area is 244 Å². The van der Waals surface area contributed by atoms with Crippen LogP contribution in [-0.2, 0) is 19.4 Å². The minimum absolute atomic E-state index is 0.0270. The molecule has 1 saturated heterocycles. The Morgan fingerprint density at radius 1 is 1.10 bits per heavy atom. The number of likely N-dealkylation sites (tertiary alicyclic amines) is 1. The molecular weight excluding hydrogens is 563 g/mol. The standard InChI is InChI=1S/C30H33FN4O6S/c1-4-41-26-16-19(10-12-24(26)31)28(34-21-8-5-7-20(15-21)29(32)37)30(38)35-14-6-9-25(35)23-17-22(33-18(2)36)11-13-27(23)42(3,39)40/h5,7-8,10-13,15-17,25,28,34H,4,6,9,14H2,1-3H3,(H2,32,37)(H,33,36)/t25-,28+/m1/s1. The van der Waals surface area contributed by atoms with E-state index >= 15 is 0 Å². The highest BCUT2D eigenvalue weighted by atomic mass is 32.2. The van der Waals surface area contributed by atoms with Gasteiger partial charge in [0.2, 0.25) is 17.7 Å². The van der Waals surface area contributed by atoms with Gasteiger partial charge in [-0.2, -0.15) is 0 Å². The van der Waals surface area contributed by atoms with E-state index < -0.39 is 39.6 Å². The second kappa shape index (κ2) is 12.6. The molecule has 0 radical (unpaired) electrons. The van der Waals surface area contributed by atoms with Crippen LogP contribution >= 0.6 is 0 Å². The fraction of sp³-hybridized carbons (Fsp3) is 0.300. The predicted molar refractivity (Wildman–Crippen MR) is 156 cm³/mol. The summed E-state index contributed by atoms with van der Waals surface area (Å²) in [7, 11) is -3.68. The molecule has 12 heteroatoms. The number of rotatable bonds is 10. The Kier molecular flexibility index (Phi) is 9.15. The minimum atomic E-state index is -3.68. The third-order valence-electron chi connectivity index (χ3n) is 6.92. The molecule has 0 aromatic heterocycles. The quantitative estimate of drug-likeness (QED) is 0.318. The topological polar surface area (TPSA) is 148 Å². The van der Waals surface area contributed by atoms with Crippen molar-refractivity contribution in [3.8, 4) is 5.75 Å². The molecule has 1 heterocycles. The van der Waals surface area contributed by atoms with Gasteiger partial charge >= 0.3 is 0 Å². The highest BCUT2D eigenvalue weighted by Crippen LogP contribution is 2.39. The zero-order chi connectivity index (χ0) is 30.6. The van der Waals surface area contributed by atoms with Gasteiger partial charge in [0.05, 0.1) is 17.5 Å². The average Bonchev–Trinajstić information content (AvgIpc) is 3.42. The first-order chi connectivity index (χ1) is 19.9. The molecule has 3 amide bonds. The highest BCUT2D eigenvalue weighted by molar-refractivity contribution is 7.90. The van der Waals surface area contributed by atoms with Gasteiger partial charge in [0.15, 0.2) is 21.4 Å². The van der Waals surface area contributed by atoms with Crippen LogP contribution in [0.5, 0.6) is 5.75 Å². The van der Waals surface area contributed by atoms with Crippen LogP contribution in [0.4, 0.5) is 15.8 Å². The number of amides is 3. The molecule has 1 aliphatic rings. The van der Waals surface area contributed by atoms with E-state index in [4.69, 9.17) is 10.5 Å². The van der Waals surface area contributed by atoms with Crippen LogP contribution in [0.2, 0.25) is 0 Å². The third-order valence-corrected chi connectivity index (χ3v) is 8.09. The zero-order valence-electron chi connectivity index (χ0n) is 23.5. The van der Waals surface area contributed by atoms with Crippen molar-refractivity contribution >= 4 is 38.9 Å². The van der Waals surface area contributed by atoms with E-state index in [0.717, 1.165) is 6.26 Å². The molecule has 4 N–H and O–H groups in total. The first kappa shape index (κ1) is 30.5. The maximum absolute atomic E-state index is 14.5. The number of ether oxygens (including phenoxy) is 1. The van der Waals surface area contributed by atoms with Gasteiger partial charge in [-0.15, -0.1) is 0 Å². The van der Waals surface area contributed by atoms with Gasteiger partial charge < -0.3 is 26.0 Å². The van der Waals surface area contributed by atoms with Crippen molar-refractivity contribution in [3.63, 3.8) is 0 Å².